The van der Waals surface area contributed by atoms with Crippen LogP contribution in [0.1, 0.15) is 6.42 Å². The van der Waals surface area contributed by atoms with E-state index in [9.17, 15) is 0 Å². The molecular weight excluding hydrogens is 357 g/mol. The van der Waals surface area contributed by atoms with E-state index in [1.165, 1.54) is 0 Å². The van der Waals surface area contributed by atoms with E-state index in [0.29, 0.717) is 0 Å². The van der Waals surface area contributed by atoms with Crippen molar-refractivity contribution >= 4 is 62.0 Å². The molecule has 1 heterocycles. The monoisotopic (exact) mass is 363 g/mol. The minimum atomic E-state index is 0.115. The Morgan fingerprint density at radius 1 is 1.67 bits per heavy atom. The number of rotatable bonds is 4. The van der Waals surface area contributed by atoms with Crippen molar-refractivity contribution in [3.8, 4) is 5.40 Å². The van der Waals surface area contributed by atoms with Crippen molar-refractivity contribution in [2.45, 2.75) is 12.5 Å². The molecule has 1 N–H and O–H groups in total. The van der Waals surface area contributed by atoms with Gasteiger partial charge in [0.1, 0.15) is 0 Å². The van der Waals surface area contributed by atoms with Gasteiger partial charge in [-0.1, -0.05) is 11.2 Å². The molecule has 1 aliphatic heterocycles. The number of nitriles is 1. The van der Waals surface area contributed by atoms with Crippen LogP contribution in [0.2, 0.25) is 0 Å². The standard InChI is InChI=1S/C8H7N5S2.2ClH.Fe/c9-5-15-12-4-8-2-1-7(13-8)3-10-11-6-14;;;/h1,3-4,8,13H,2H2;2*1H;/q;;;+2/p-2/b10-3+,12-4+;;;. The number of hydrogen-bond acceptors (Lipinski definition) is 7. The van der Waals surface area contributed by atoms with Gasteiger partial charge in [0, 0.05) is 6.21 Å². The average molecular weight is 364 g/mol. The molecule has 0 spiro atoms. The Morgan fingerprint density at radius 2 is 2.39 bits per heavy atom. The molecule has 0 radical (unpaired) electrons. The van der Waals surface area contributed by atoms with Gasteiger partial charge in [0.25, 0.3) is 0 Å². The first-order chi connectivity index (χ1) is 8.78. The molecule has 0 amide bonds. The van der Waals surface area contributed by atoms with Gasteiger partial charge < -0.3 is 5.32 Å². The Balaban J connectivity index is 0.000000873. The number of nitrogens with zero attached hydrogens (tertiary/aromatic N) is 4. The fourth-order valence-electron chi connectivity index (χ4n) is 1.02. The summed E-state index contributed by atoms with van der Waals surface area (Å²) in [5, 5.41) is 22.4. The molecule has 0 aromatic carbocycles. The van der Waals surface area contributed by atoms with E-state index in [1.807, 2.05) is 11.5 Å². The molecule has 0 aromatic rings. The first-order valence-electron chi connectivity index (χ1n) is 4.29. The SMILES string of the molecule is N#CS/N=C/C1CC=C(/C=N/N=C=S)N1.[Cl][Fe][Cl]. The number of thiocarbonyl (C=S) groups is 1. The van der Waals surface area contributed by atoms with Crippen LogP contribution < -0.4 is 5.32 Å². The molecule has 0 aliphatic carbocycles. The van der Waals surface area contributed by atoms with E-state index in [1.54, 1.807) is 12.4 Å². The zero-order chi connectivity index (χ0) is 13.6. The molecule has 0 saturated carbocycles. The molecule has 5 nitrogen and oxygen atoms in total. The quantitative estimate of drug-likeness (QED) is 0.208. The second kappa shape index (κ2) is 13.1. The zero-order valence-electron chi connectivity index (χ0n) is 8.73. The van der Waals surface area contributed by atoms with E-state index >= 15 is 0 Å². The second-order valence-electron chi connectivity index (χ2n) is 2.57. The predicted octanol–water partition coefficient (Wildman–Crippen LogP) is 2.90. The van der Waals surface area contributed by atoms with Crippen molar-refractivity contribution in [2.24, 2.45) is 14.6 Å². The van der Waals surface area contributed by atoms with Crippen molar-refractivity contribution in [3.63, 3.8) is 0 Å². The van der Waals surface area contributed by atoms with Crippen LogP contribution in [-0.2, 0) is 13.1 Å². The summed E-state index contributed by atoms with van der Waals surface area (Å²) in [5.74, 6) is 0. The van der Waals surface area contributed by atoms with Crippen LogP contribution in [0.25, 0.3) is 0 Å². The van der Waals surface area contributed by atoms with Crippen molar-refractivity contribution in [1.29, 1.82) is 5.26 Å². The molecule has 1 rings (SSSR count). The van der Waals surface area contributed by atoms with Crippen LogP contribution in [0, 0.1) is 10.7 Å². The van der Waals surface area contributed by atoms with E-state index in [0.717, 1.165) is 24.1 Å². The van der Waals surface area contributed by atoms with Gasteiger partial charge in [-0.25, -0.2) is 4.40 Å². The second-order valence-corrected chi connectivity index (χ2v) is 5.15. The number of thiocyanates is 1. The fourth-order valence-corrected chi connectivity index (χ4v) is 1.32. The van der Waals surface area contributed by atoms with Crippen molar-refractivity contribution in [3.05, 3.63) is 11.8 Å². The zero-order valence-corrected chi connectivity index (χ0v) is 13.0. The third-order valence-corrected chi connectivity index (χ3v) is 1.96. The summed E-state index contributed by atoms with van der Waals surface area (Å²) in [6.45, 7) is 0. The maximum atomic E-state index is 8.25. The molecule has 1 aliphatic rings. The number of nitrogens with one attached hydrogen (secondary N) is 1. The van der Waals surface area contributed by atoms with Crippen LogP contribution in [0.4, 0.5) is 0 Å². The van der Waals surface area contributed by atoms with E-state index < -0.39 is 0 Å². The average Bonchev–Trinajstić information content (AvgIpc) is 2.79. The molecule has 0 saturated heterocycles. The Morgan fingerprint density at radius 3 is 3.00 bits per heavy atom. The molecule has 0 aromatic heterocycles. The fraction of sp³-hybridized carbons (Fsp3) is 0.250. The van der Waals surface area contributed by atoms with Crippen LogP contribution in [0.15, 0.2) is 26.4 Å². The Hall–Kier alpha value is -0.381. The normalized spacial score (nSPS) is 17.6. The van der Waals surface area contributed by atoms with E-state index in [2.05, 4.69) is 37.3 Å². The molecular formula is C8H7Cl2FeN5S2. The molecule has 1 atom stereocenters. The molecule has 18 heavy (non-hydrogen) atoms. The summed E-state index contributed by atoms with van der Waals surface area (Å²) in [7, 11) is 9.53. The Labute approximate surface area is 129 Å². The van der Waals surface area contributed by atoms with E-state index in [4.69, 9.17) is 25.5 Å². The van der Waals surface area contributed by atoms with Crippen LogP contribution >= 0.6 is 44.4 Å². The van der Waals surface area contributed by atoms with Crippen LogP contribution in [-0.4, -0.2) is 23.6 Å². The summed E-state index contributed by atoms with van der Waals surface area (Å²) in [5.41, 5.74) is 0.863. The number of allylic oxidation sites excluding steroid dienone is 1. The van der Waals surface area contributed by atoms with Gasteiger partial charge >= 0.3 is 33.3 Å². The molecule has 1 unspecified atom stereocenters. The van der Waals surface area contributed by atoms with Gasteiger partial charge in [0.2, 0.25) is 0 Å². The summed E-state index contributed by atoms with van der Waals surface area (Å²) < 4.78 is 3.84. The molecule has 0 bridgehead atoms. The summed E-state index contributed by atoms with van der Waals surface area (Å²) in [4.78, 5) is 0. The number of isothiocyanates is 1. The molecule has 0 fully saturated rings. The molecule has 10 heteroatoms. The van der Waals surface area contributed by atoms with Gasteiger partial charge in [0.05, 0.1) is 35.1 Å². The van der Waals surface area contributed by atoms with Gasteiger partial charge in [0.15, 0.2) is 5.40 Å². The van der Waals surface area contributed by atoms with E-state index in [-0.39, 0.29) is 19.2 Å². The summed E-state index contributed by atoms with van der Waals surface area (Å²) in [6.07, 6.45) is 6.03. The number of halogens is 2. The maximum absolute atomic E-state index is 8.25. The third-order valence-electron chi connectivity index (χ3n) is 1.57. The van der Waals surface area contributed by atoms with Gasteiger partial charge in [-0.2, -0.15) is 5.26 Å². The van der Waals surface area contributed by atoms with Gasteiger partial charge in [-0.05, 0) is 18.6 Å². The predicted molar refractivity (Wildman–Crippen MR) is 76.5 cm³/mol. The Bertz CT molecular complexity index is 414. The number of hydrogen-bond donors (Lipinski definition) is 1. The third kappa shape index (κ3) is 9.63. The van der Waals surface area contributed by atoms with Crippen LogP contribution in [0.5, 0.6) is 0 Å². The van der Waals surface area contributed by atoms with Crippen LogP contribution in [0.3, 0.4) is 0 Å². The first kappa shape index (κ1) is 17.6. The summed E-state index contributed by atoms with van der Waals surface area (Å²) >= 11 is 5.41. The topological polar surface area (TPSA) is 72.9 Å². The van der Waals surface area contributed by atoms with Gasteiger partial charge in [-0.15, -0.1) is 5.10 Å². The minimum absolute atomic E-state index is 0.115. The summed E-state index contributed by atoms with van der Waals surface area (Å²) in [6, 6.07) is 0.115. The Kier molecular flexibility index (Phi) is 12.8. The van der Waals surface area contributed by atoms with Gasteiger partial charge in [-0.3, -0.25) is 0 Å². The van der Waals surface area contributed by atoms with Crippen molar-refractivity contribution < 1.29 is 13.1 Å². The van der Waals surface area contributed by atoms with Crippen molar-refractivity contribution in [1.82, 2.24) is 5.32 Å². The first-order valence-corrected chi connectivity index (χ1v) is 8.51. The molecule has 98 valence electrons. The van der Waals surface area contributed by atoms with Crippen molar-refractivity contribution in [2.75, 3.05) is 0 Å².